The molecule has 0 aromatic rings. The minimum atomic E-state index is 0.0772. The van der Waals surface area contributed by atoms with Crippen LogP contribution in [0, 0.1) is 5.92 Å². The molecule has 86 valence electrons. The van der Waals surface area contributed by atoms with E-state index in [0.717, 1.165) is 12.0 Å². The third-order valence-electron chi connectivity index (χ3n) is 2.65. The molecule has 0 aliphatic carbocycles. The molecule has 1 rings (SSSR count). The van der Waals surface area contributed by atoms with Gasteiger partial charge in [-0.25, -0.2) is 11.1 Å². The topological polar surface area (TPSA) is 15.3 Å². The molecule has 14 heavy (non-hydrogen) atoms. The number of rotatable bonds is 4. The molecule has 1 aliphatic heterocycles. The van der Waals surface area contributed by atoms with Crippen LogP contribution < -0.4 is 4.72 Å². The van der Waals surface area contributed by atoms with Gasteiger partial charge in [0.2, 0.25) is 0 Å². The first-order chi connectivity index (χ1) is 6.58. The summed E-state index contributed by atoms with van der Waals surface area (Å²) in [6.07, 6.45) is 7.28. The Morgan fingerprint density at radius 2 is 1.86 bits per heavy atom. The molecule has 0 radical (unpaired) electrons. The van der Waals surface area contributed by atoms with Gasteiger partial charge in [0.15, 0.2) is 0 Å². The molecule has 0 aromatic carbocycles. The molecular weight excluding hydrogens is 192 g/mol. The van der Waals surface area contributed by atoms with Crippen LogP contribution in [0.25, 0.3) is 0 Å². The Morgan fingerprint density at radius 3 is 2.29 bits per heavy atom. The maximum absolute atomic E-state index is 3.69. The van der Waals surface area contributed by atoms with Crippen molar-refractivity contribution in [3.8, 4) is 0 Å². The molecule has 1 aliphatic rings. The molecule has 1 N–H and O–H groups in total. The summed E-state index contributed by atoms with van der Waals surface area (Å²) in [5.74, 6) is 0.814. The van der Waals surface area contributed by atoms with E-state index in [0.29, 0.717) is 0 Å². The Hall–Kier alpha value is 0.270. The predicted molar refractivity (Wildman–Crippen MR) is 68.3 cm³/mol. The van der Waals surface area contributed by atoms with Crippen molar-refractivity contribution in [1.82, 2.24) is 9.62 Å². The average Bonchev–Trinajstić information content (AvgIpc) is 2.06. The van der Waals surface area contributed by atoms with Crippen molar-refractivity contribution in [2.24, 2.45) is 5.92 Å². The largest absolute Gasteiger partial charge is 0.303 e. The van der Waals surface area contributed by atoms with Gasteiger partial charge in [0.25, 0.3) is 0 Å². The maximum Gasteiger partial charge on any atom is 0.0178 e. The summed E-state index contributed by atoms with van der Waals surface area (Å²) in [4.78, 5) is 2.61. The molecule has 0 atom stereocenters. The molecule has 0 saturated carbocycles. The van der Waals surface area contributed by atoms with Gasteiger partial charge >= 0.3 is 0 Å². The monoisotopic (exact) mass is 218 g/mol. The first-order valence-electron chi connectivity index (χ1n) is 5.73. The summed E-state index contributed by atoms with van der Waals surface area (Å²) in [5.41, 5.74) is 0. The number of piperidine rings is 1. The van der Waals surface area contributed by atoms with Gasteiger partial charge in [-0.05, 0) is 44.4 Å². The number of thiol groups is 1. The second-order valence-corrected chi connectivity index (χ2v) is 7.04. The second-order valence-electron chi connectivity index (χ2n) is 4.99. The van der Waals surface area contributed by atoms with Crippen LogP contribution in [-0.2, 0) is 0 Å². The third kappa shape index (κ3) is 4.67. The van der Waals surface area contributed by atoms with Crippen molar-refractivity contribution in [1.29, 1.82) is 0 Å². The van der Waals surface area contributed by atoms with E-state index < -0.39 is 0 Å². The Morgan fingerprint density at radius 1 is 1.29 bits per heavy atom. The van der Waals surface area contributed by atoms with Crippen molar-refractivity contribution in [2.45, 2.75) is 32.7 Å². The standard InChI is InChI=1S/C11H26N2S/c1-10(2)9-13-7-5-11(6-8-13)12-14(3)4/h10-12,14H,5-9H2,1-4H3. The SMILES string of the molecule is CC(C)CN1CCC(N[SH](C)C)CC1. The van der Waals surface area contributed by atoms with Gasteiger partial charge in [-0.1, -0.05) is 13.8 Å². The number of nitrogens with one attached hydrogen (secondary N) is 1. The molecule has 3 heteroatoms. The van der Waals surface area contributed by atoms with Crippen molar-refractivity contribution >= 4 is 11.1 Å². The maximum atomic E-state index is 3.69. The zero-order valence-electron chi connectivity index (χ0n) is 10.1. The number of nitrogens with zero attached hydrogens (tertiary/aromatic N) is 1. The fraction of sp³-hybridized carbons (Fsp3) is 1.00. The smallest absolute Gasteiger partial charge is 0.0178 e. The lowest BCUT2D eigenvalue weighted by molar-refractivity contribution is 0.189. The summed E-state index contributed by atoms with van der Waals surface area (Å²) in [6, 6.07) is 0.791. The fourth-order valence-corrected chi connectivity index (χ4v) is 3.11. The summed E-state index contributed by atoms with van der Waals surface area (Å²) in [5, 5.41) is 0. The highest BCUT2D eigenvalue weighted by atomic mass is 32.2. The normalized spacial score (nSPS) is 21.6. The van der Waals surface area contributed by atoms with Gasteiger partial charge in [-0.15, -0.1) is 0 Å². The molecule has 1 heterocycles. The minimum absolute atomic E-state index is 0.0772. The molecular formula is C11H26N2S. The molecule has 2 nitrogen and oxygen atoms in total. The highest BCUT2D eigenvalue weighted by Gasteiger charge is 2.19. The van der Waals surface area contributed by atoms with Crippen molar-refractivity contribution in [3.05, 3.63) is 0 Å². The Kier molecular flexibility index (Phi) is 5.28. The number of hydrogen-bond acceptors (Lipinski definition) is 2. The van der Waals surface area contributed by atoms with Crippen LogP contribution in [0.5, 0.6) is 0 Å². The van der Waals surface area contributed by atoms with E-state index in [4.69, 9.17) is 0 Å². The van der Waals surface area contributed by atoms with E-state index in [1.807, 2.05) is 0 Å². The number of likely N-dealkylation sites (tertiary alicyclic amines) is 1. The summed E-state index contributed by atoms with van der Waals surface area (Å²) >= 11 is 0.0772. The zero-order valence-corrected chi connectivity index (χ0v) is 11.0. The van der Waals surface area contributed by atoms with Gasteiger partial charge < -0.3 is 4.90 Å². The van der Waals surface area contributed by atoms with E-state index in [9.17, 15) is 0 Å². The summed E-state index contributed by atoms with van der Waals surface area (Å²) in [6.45, 7) is 8.47. The highest BCUT2D eigenvalue weighted by molar-refractivity contribution is 8.14. The van der Waals surface area contributed by atoms with Crippen molar-refractivity contribution < 1.29 is 0 Å². The molecule has 1 saturated heterocycles. The van der Waals surface area contributed by atoms with E-state index >= 15 is 0 Å². The van der Waals surface area contributed by atoms with Crippen LogP contribution in [0.1, 0.15) is 26.7 Å². The quantitative estimate of drug-likeness (QED) is 0.701. The van der Waals surface area contributed by atoms with Gasteiger partial charge in [-0.3, -0.25) is 4.72 Å². The first-order valence-corrected chi connectivity index (χ1v) is 7.97. The van der Waals surface area contributed by atoms with E-state index in [2.05, 4.69) is 36.0 Å². The Balaban J connectivity index is 2.17. The molecule has 0 bridgehead atoms. The Bertz CT molecular complexity index is 133. The molecule has 0 unspecified atom stereocenters. The zero-order chi connectivity index (χ0) is 10.6. The highest BCUT2D eigenvalue weighted by Crippen LogP contribution is 2.17. The fourth-order valence-electron chi connectivity index (χ4n) is 2.13. The van der Waals surface area contributed by atoms with Crippen LogP contribution in [0.4, 0.5) is 0 Å². The van der Waals surface area contributed by atoms with Crippen LogP contribution in [0.3, 0.4) is 0 Å². The predicted octanol–water partition coefficient (Wildman–Crippen LogP) is 1.87. The first kappa shape index (κ1) is 12.3. The van der Waals surface area contributed by atoms with Gasteiger partial charge in [-0.2, -0.15) is 0 Å². The average molecular weight is 218 g/mol. The molecule has 0 spiro atoms. The molecule has 0 amide bonds. The number of hydrogen-bond donors (Lipinski definition) is 2. The van der Waals surface area contributed by atoms with Gasteiger partial charge in [0.05, 0.1) is 0 Å². The van der Waals surface area contributed by atoms with Gasteiger partial charge in [0, 0.05) is 12.6 Å². The minimum Gasteiger partial charge on any atom is -0.303 e. The van der Waals surface area contributed by atoms with Crippen LogP contribution >= 0.6 is 11.1 Å². The van der Waals surface area contributed by atoms with Crippen molar-refractivity contribution in [2.75, 3.05) is 32.1 Å². The summed E-state index contributed by atoms with van der Waals surface area (Å²) < 4.78 is 3.69. The Labute approximate surface area is 91.9 Å². The molecule has 0 aromatic heterocycles. The van der Waals surface area contributed by atoms with Crippen LogP contribution in [0.2, 0.25) is 0 Å². The summed E-state index contributed by atoms with van der Waals surface area (Å²) in [7, 11) is 0. The lowest BCUT2D eigenvalue weighted by Crippen LogP contribution is -2.42. The lowest BCUT2D eigenvalue weighted by atomic mass is 10.0. The van der Waals surface area contributed by atoms with Crippen LogP contribution in [-0.4, -0.2) is 43.1 Å². The molecule has 1 fully saturated rings. The lowest BCUT2D eigenvalue weighted by Gasteiger charge is -2.34. The third-order valence-corrected chi connectivity index (χ3v) is 3.53. The van der Waals surface area contributed by atoms with Crippen molar-refractivity contribution in [3.63, 3.8) is 0 Å². The van der Waals surface area contributed by atoms with E-state index in [1.54, 1.807) is 0 Å². The van der Waals surface area contributed by atoms with E-state index in [-0.39, 0.29) is 11.1 Å². The van der Waals surface area contributed by atoms with Gasteiger partial charge in [0.1, 0.15) is 0 Å². The second kappa shape index (κ2) is 5.99. The van der Waals surface area contributed by atoms with E-state index in [1.165, 1.54) is 32.5 Å². The van der Waals surface area contributed by atoms with Crippen LogP contribution in [0.15, 0.2) is 0 Å².